The van der Waals surface area contributed by atoms with Crippen LogP contribution >= 0.6 is 0 Å². The molecule has 1 aromatic heterocycles. The average molecular weight is 436 g/mol. The molecule has 2 aliphatic rings. The fourth-order valence-corrected chi connectivity index (χ4v) is 4.17. The number of amides is 2. The molecule has 4 rings (SSSR count). The van der Waals surface area contributed by atoms with Gasteiger partial charge in [-0.15, -0.1) is 10.2 Å². The summed E-state index contributed by atoms with van der Waals surface area (Å²) in [6, 6.07) is 5.75. The van der Waals surface area contributed by atoms with Gasteiger partial charge < -0.3 is 14.2 Å². The standard InChI is InChI=1S/C21H23F3N4O3/c1-12-5-6-16(8-13(12)2)28-11-15(9-17(28)29)19(30)27-7-3-4-14(10-27)18-25-26-20(31-18)21(22,23)24/h5-6,8,14-15H,3-4,7,9-11H2,1-2H3. The molecular formula is C21H23F3N4O3. The zero-order valence-corrected chi connectivity index (χ0v) is 17.3. The first kappa shape index (κ1) is 21.3. The van der Waals surface area contributed by atoms with Crippen LogP contribution in [-0.2, 0) is 15.8 Å². The SMILES string of the molecule is Cc1ccc(N2CC(C(=O)N3CCCC(c4nnc(C(F)(F)F)o4)C3)CC2=O)cc1C. The highest BCUT2D eigenvalue weighted by atomic mass is 19.4. The van der Waals surface area contributed by atoms with Gasteiger partial charge in [-0.25, -0.2) is 0 Å². The molecule has 10 heteroatoms. The Hall–Kier alpha value is -2.91. The molecule has 31 heavy (non-hydrogen) atoms. The number of hydrogen-bond donors (Lipinski definition) is 0. The van der Waals surface area contributed by atoms with Crippen LogP contribution in [0, 0.1) is 19.8 Å². The molecule has 2 unspecified atom stereocenters. The lowest BCUT2D eigenvalue weighted by Crippen LogP contribution is -2.43. The Labute approximate surface area is 177 Å². The van der Waals surface area contributed by atoms with Crippen molar-refractivity contribution in [2.45, 2.75) is 45.2 Å². The number of anilines is 1. The van der Waals surface area contributed by atoms with Crippen LogP contribution in [0.15, 0.2) is 22.6 Å². The summed E-state index contributed by atoms with van der Waals surface area (Å²) in [4.78, 5) is 28.9. The van der Waals surface area contributed by atoms with Gasteiger partial charge in [-0.1, -0.05) is 6.07 Å². The first-order valence-electron chi connectivity index (χ1n) is 10.2. The first-order valence-corrected chi connectivity index (χ1v) is 10.2. The van der Waals surface area contributed by atoms with Gasteiger partial charge in [-0.2, -0.15) is 13.2 Å². The molecule has 7 nitrogen and oxygen atoms in total. The summed E-state index contributed by atoms with van der Waals surface area (Å²) >= 11 is 0. The lowest BCUT2D eigenvalue weighted by atomic mass is 9.96. The van der Waals surface area contributed by atoms with Crippen molar-refractivity contribution in [3.8, 4) is 0 Å². The van der Waals surface area contributed by atoms with Crippen molar-refractivity contribution in [3.05, 3.63) is 41.1 Å². The van der Waals surface area contributed by atoms with Crippen molar-refractivity contribution in [1.29, 1.82) is 0 Å². The summed E-state index contributed by atoms with van der Waals surface area (Å²) in [5.74, 6) is -2.70. The summed E-state index contributed by atoms with van der Waals surface area (Å²) in [7, 11) is 0. The molecule has 0 N–H and O–H groups in total. The van der Waals surface area contributed by atoms with Gasteiger partial charge >= 0.3 is 12.1 Å². The number of likely N-dealkylation sites (tertiary alicyclic amines) is 1. The minimum Gasteiger partial charge on any atom is -0.417 e. The van der Waals surface area contributed by atoms with Gasteiger partial charge in [0.15, 0.2) is 0 Å². The number of nitrogens with zero attached hydrogens (tertiary/aromatic N) is 4. The van der Waals surface area contributed by atoms with E-state index in [1.165, 1.54) is 0 Å². The van der Waals surface area contributed by atoms with Crippen molar-refractivity contribution in [1.82, 2.24) is 15.1 Å². The number of aromatic nitrogens is 2. The van der Waals surface area contributed by atoms with E-state index in [1.54, 1.807) is 9.80 Å². The Morgan fingerprint density at radius 2 is 1.94 bits per heavy atom. The molecule has 2 saturated heterocycles. The van der Waals surface area contributed by atoms with E-state index in [1.807, 2.05) is 32.0 Å². The van der Waals surface area contributed by atoms with E-state index in [0.717, 1.165) is 16.8 Å². The molecule has 166 valence electrons. The molecule has 2 fully saturated rings. The predicted octanol–water partition coefficient (Wildman–Crippen LogP) is 3.46. The van der Waals surface area contributed by atoms with Gasteiger partial charge in [0.1, 0.15) is 0 Å². The normalized spacial score (nSPS) is 22.3. The highest BCUT2D eigenvalue weighted by molar-refractivity contribution is 6.00. The summed E-state index contributed by atoms with van der Waals surface area (Å²) in [6.45, 7) is 4.94. The van der Waals surface area contributed by atoms with Gasteiger partial charge in [0.05, 0.1) is 11.8 Å². The maximum Gasteiger partial charge on any atom is 0.470 e. The van der Waals surface area contributed by atoms with Crippen molar-refractivity contribution >= 4 is 17.5 Å². The Bertz CT molecular complexity index is 1000. The molecule has 0 saturated carbocycles. The van der Waals surface area contributed by atoms with Crippen LogP contribution in [-0.4, -0.2) is 46.5 Å². The summed E-state index contributed by atoms with van der Waals surface area (Å²) in [6.07, 6.45) is -3.41. The molecular weight excluding hydrogens is 413 g/mol. The van der Waals surface area contributed by atoms with Gasteiger partial charge in [-0.05, 0) is 49.9 Å². The van der Waals surface area contributed by atoms with Crippen molar-refractivity contribution in [2.75, 3.05) is 24.5 Å². The van der Waals surface area contributed by atoms with Crippen LogP contribution in [0.3, 0.4) is 0 Å². The van der Waals surface area contributed by atoms with Crippen LogP contribution in [0.2, 0.25) is 0 Å². The minimum absolute atomic E-state index is 0.107. The number of piperidine rings is 1. The maximum absolute atomic E-state index is 13.1. The van der Waals surface area contributed by atoms with Crippen LogP contribution in [0.4, 0.5) is 18.9 Å². The molecule has 0 spiro atoms. The van der Waals surface area contributed by atoms with Gasteiger partial charge in [0, 0.05) is 31.7 Å². The third-order valence-corrected chi connectivity index (χ3v) is 6.04. The number of carbonyl (C=O) groups is 2. The summed E-state index contributed by atoms with van der Waals surface area (Å²) in [5.41, 5.74) is 2.96. The molecule has 2 amide bonds. The molecule has 0 radical (unpaired) electrons. The first-order chi connectivity index (χ1) is 14.6. The van der Waals surface area contributed by atoms with Gasteiger partial charge in [0.25, 0.3) is 0 Å². The summed E-state index contributed by atoms with van der Waals surface area (Å²) < 4.78 is 43.0. The molecule has 2 aromatic rings. The van der Waals surface area contributed by atoms with E-state index in [4.69, 9.17) is 4.42 Å². The third-order valence-electron chi connectivity index (χ3n) is 6.04. The number of benzene rings is 1. The zero-order chi connectivity index (χ0) is 22.3. The van der Waals surface area contributed by atoms with E-state index >= 15 is 0 Å². The number of rotatable bonds is 3. The third kappa shape index (κ3) is 4.28. The Balaban J connectivity index is 1.44. The van der Waals surface area contributed by atoms with E-state index in [-0.39, 0.29) is 30.7 Å². The average Bonchev–Trinajstić information content (AvgIpc) is 3.37. The fourth-order valence-electron chi connectivity index (χ4n) is 4.17. The van der Waals surface area contributed by atoms with E-state index in [2.05, 4.69) is 10.2 Å². The van der Waals surface area contributed by atoms with Crippen LogP contribution in [0.1, 0.15) is 48.1 Å². The second-order valence-electron chi connectivity index (χ2n) is 8.24. The predicted molar refractivity (Wildman–Crippen MR) is 104 cm³/mol. The second-order valence-corrected chi connectivity index (χ2v) is 8.24. The van der Waals surface area contributed by atoms with Gasteiger partial charge in [-0.3, -0.25) is 9.59 Å². The van der Waals surface area contributed by atoms with E-state index in [9.17, 15) is 22.8 Å². The van der Waals surface area contributed by atoms with Crippen LogP contribution in [0.5, 0.6) is 0 Å². The number of alkyl halides is 3. The zero-order valence-electron chi connectivity index (χ0n) is 17.3. The van der Waals surface area contributed by atoms with Crippen LogP contribution < -0.4 is 4.90 Å². The maximum atomic E-state index is 13.1. The van der Waals surface area contributed by atoms with E-state index < -0.39 is 23.9 Å². The largest absolute Gasteiger partial charge is 0.470 e. The van der Waals surface area contributed by atoms with Crippen molar-refractivity contribution < 1.29 is 27.2 Å². The van der Waals surface area contributed by atoms with E-state index in [0.29, 0.717) is 25.9 Å². The van der Waals surface area contributed by atoms with Gasteiger partial charge in [0.2, 0.25) is 17.7 Å². The van der Waals surface area contributed by atoms with Crippen LogP contribution in [0.25, 0.3) is 0 Å². The Kier molecular flexibility index (Phi) is 5.49. The number of hydrogen-bond acceptors (Lipinski definition) is 5. The highest BCUT2D eigenvalue weighted by Gasteiger charge is 2.41. The lowest BCUT2D eigenvalue weighted by Gasteiger charge is -2.32. The summed E-state index contributed by atoms with van der Waals surface area (Å²) in [5, 5.41) is 6.62. The highest BCUT2D eigenvalue weighted by Crippen LogP contribution is 2.33. The number of carbonyl (C=O) groups excluding carboxylic acids is 2. The number of aryl methyl sites for hydroxylation is 2. The Morgan fingerprint density at radius 1 is 1.16 bits per heavy atom. The number of halogens is 3. The topological polar surface area (TPSA) is 79.5 Å². The molecule has 2 atom stereocenters. The lowest BCUT2D eigenvalue weighted by molar-refractivity contribution is -0.157. The second kappa shape index (κ2) is 7.97. The monoisotopic (exact) mass is 436 g/mol. The molecule has 2 aliphatic heterocycles. The fraction of sp³-hybridized carbons (Fsp3) is 0.524. The Morgan fingerprint density at radius 3 is 2.61 bits per heavy atom. The minimum atomic E-state index is -4.70. The molecule has 0 aliphatic carbocycles. The van der Waals surface area contributed by atoms with Crippen molar-refractivity contribution in [2.24, 2.45) is 5.92 Å². The molecule has 1 aromatic carbocycles. The van der Waals surface area contributed by atoms with Crippen molar-refractivity contribution in [3.63, 3.8) is 0 Å². The molecule has 3 heterocycles. The smallest absolute Gasteiger partial charge is 0.417 e. The molecule has 0 bridgehead atoms. The quantitative estimate of drug-likeness (QED) is 0.736.